The number of aromatic carboxylic acids is 1. The van der Waals surface area contributed by atoms with Crippen molar-refractivity contribution in [2.45, 2.75) is 39.2 Å². The summed E-state index contributed by atoms with van der Waals surface area (Å²) < 4.78 is 0. The smallest absolute Gasteiger partial charge is 0.339 e. The fraction of sp³-hybridized carbons (Fsp3) is 0.667. The molecule has 114 valence electrons. The van der Waals surface area contributed by atoms with Gasteiger partial charge >= 0.3 is 5.97 Å². The minimum absolute atomic E-state index is 0.310. The van der Waals surface area contributed by atoms with E-state index in [1.165, 1.54) is 25.9 Å². The van der Waals surface area contributed by atoms with Crippen molar-refractivity contribution in [2.75, 3.05) is 31.1 Å². The first kappa shape index (κ1) is 14.3. The molecule has 6 nitrogen and oxygen atoms in total. The molecule has 1 atom stereocenters. The lowest BCUT2D eigenvalue weighted by Gasteiger charge is -2.24. The molecule has 1 aromatic rings. The topological polar surface area (TPSA) is 69.6 Å². The van der Waals surface area contributed by atoms with E-state index in [9.17, 15) is 9.90 Å². The van der Waals surface area contributed by atoms with Crippen LogP contribution >= 0.6 is 0 Å². The molecule has 0 aromatic carbocycles. The summed E-state index contributed by atoms with van der Waals surface area (Å²) in [6, 6.07) is 0.526. The van der Waals surface area contributed by atoms with Crippen LogP contribution in [0.15, 0.2) is 0 Å². The van der Waals surface area contributed by atoms with E-state index in [0.717, 1.165) is 25.1 Å². The summed E-state index contributed by atoms with van der Waals surface area (Å²) in [6.07, 6.45) is 3.63. The van der Waals surface area contributed by atoms with Crippen LogP contribution in [0.25, 0.3) is 0 Å². The molecule has 2 saturated heterocycles. The molecule has 0 aliphatic carbocycles. The minimum Gasteiger partial charge on any atom is -0.478 e. The van der Waals surface area contributed by atoms with Crippen LogP contribution in [0.4, 0.5) is 5.82 Å². The highest BCUT2D eigenvalue weighted by Gasteiger charge is 2.32. The van der Waals surface area contributed by atoms with E-state index in [-0.39, 0.29) is 0 Å². The zero-order valence-electron chi connectivity index (χ0n) is 12.7. The Morgan fingerprint density at radius 3 is 2.57 bits per heavy atom. The number of carboxylic acid groups (broad SMARTS) is 1. The number of aromatic nitrogens is 2. The summed E-state index contributed by atoms with van der Waals surface area (Å²) in [5.74, 6) is -0.377. The molecule has 2 fully saturated rings. The first-order valence-corrected chi connectivity index (χ1v) is 7.64. The van der Waals surface area contributed by atoms with Crippen molar-refractivity contribution in [3.63, 3.8) is 0 Å². The zero-order chi connectivity index (χ0) is 15.0. The maximum atomic E-state index is 11.6. The van der Waals surface area contributed by atoms with Gasteiger partial charge in [0.1, 0.15) is 5.56 Å². The highest BCUT2D eigenvalue weighted by Crippen LogP contribution is 2.28. The van der Waals surface area contributed by atoms with Crippen LogP contribution in [-0.2, 0) is 0 Å². The molecule has 3 heterocycles. The Kier molecular flexibility index (Phi) is 3.80. The monoisotopic (exact) mass is 290 g/mol. The van der Waals surface area contributed by atoms with Gasteiger partial charge in [-0.05, 0) is 51.8 Å². The van der Waals surface area contributed by atoms with E-state index in [1.807, 2.05) is 6.92 Å². The fourth-order valence-corrected chi connectivity index (χ4v) is 3.41. The van der Waals surface area contributed by atoms with Crippen molar-refractivity contribution in [1.29, 1.82) is 0 Å². The van der Waals surface area contributed by atoms with Gasteiger partial charge in [0.2, 0.25) is 0 Å². The van der Waals surface area contributed by atoms with Gasteiger partial charge in [-0.15, -0.1) is 5.10 Å². The normalized spacial score (nSPS) is 23.0. The van der Waals surface area contributed by atoms with Crippen molar-refractivity contribution in [1.82, 2.24) is 15.1 Å². The second-order valence-corrected chi connectivity index (χ2v) is 6.05. The molecule has 0 amide bonds. The van der Waals surface area contributed by atoms with Crippen LogP contribution < -0.4 is 4.90 Å². The van der Waals surface area contributed by atoms with Gasteiger partial charge in [-0.1, -0.05) is 0 Å². The van der Waals surface area contributed by atoms with E-state index >= 15 is 0 Å². The summed E-state index contributed by atoms with van der Waals surface area (Å²) in [5, 5.41) is 17.8. The van der Waals surface area contributed by atoms with Crippen molar-refractivity contribution in [3.05, 3.63) is 16.8 Å². The number of anilines is 1. The van der Waals surface area contributed by atoms with Crippen molar-refractivity contribution < 1.29 is 9.90 Å². The number of carbonyl (C=O) groups is 1. The summed E-state index contributed by atoms with van der Waals surface area (Å²) in [6.45, 7) is 7.67. The third-order valence-electron chi connectivity index (χ3n) is 4.77. The average molecular weight is 290 g/mol. The Labute approximate surface area is 124 Å². The second-order valence-electron chi connectivity index (χ2n) is 6.05. The standard InChI is InChI=1S/C15H22N4O2/c1-10-11(2)16-17-14(13(10)15(20)21)19-8-5-12(9-19)18-6-3-4-7-18/h12H,3-9H2,1-2H3,(H,20,21). The molecule has 2 aliphatic heterocycles. The molecule has 0 saturated carbocycles. The third-order valence-corrected chi connectivity index (χ3v) is 4.77. The molecule has 0 radical (unpaired) electrons. The number of carboxylic acids is 1. The van der Waals surface area contributed by atoms with E-state index in [2.05, 4.69) is 20.0 Å². The second kappa shape index (κ2) is 5.60. The molecule has 0 spiro atoms. The lowest BCUT2D eigenvalue weighted by molar-refractivity contribution is 0.0696. The summed E-state index contributed by atoms with van der Waals surface area (Å²) in [4.78, 5) is 16.2. The van der Waals surface area contributed by atoms with Crippen molar-refractivity contribution in [3.8, 4) is 0 Å². The first-order valence-electron chi connectivity index (χ1n) is 7.64. The molecule has 21 heavy (non-hydrogen) atoms. The largest absolute Gasteiger partial charge is 0.478 e. The molecule has 2 aliphatic rings. The van der Waals surface area contributed by atoms with Gasteiger partial charge in [-0.3, -0.25) is 4.90 Å². The van der Waals surface area contributed by atoms with Gasteiger partial charge in [-0.2, -0.15) is 5.10 Å². The number of aryl methyl sites for hydroxylation is 1. The summed E-state index contributed by atoms with van der Waals surface area (Å²) in [7, 11) is 0. The van der Waals surface area contributed by atoms with Crippen molar-refractivity contribution in [2.24, 2.45) is 0 Å². The first-order chi connectivity index (χ1) is 10.1. The molecule has 1 aromatic heterocycles. The van der Waals surface area contributed by atoms with Crippen LogP contribution in [0, 0.1) is 13.8 Å². The van der Waals surface area contributed by atoms with Crippen molar-refractivity contribution >= 4 is 11.8 Å². The molecule has 3 rings (SSSR count). The van der Waals surface area contributed by atoms with Gasteiger partial charge in [0.25, 0.3) is 0 Å². The molecule has 1 N–H and O–H groups in total. The van der Waals surface area contributed by atoms with Gasteiger partial charge in [-0.25, -0.2) is 4.79 Å². The van der Waals surface area contributed by atoms with Crippen LogP contribution in [0.5, 0.6) is 0 Å². The highest BCUT2D eigenvalue weighted by molar-refractivity contribution is 5.95. The molecule has 6 heteroatoms. The number of hydrogen-bond acceptors (Lipinski definition) is 5. The highest BCUT2D eigenvalue weighted by atomic mass is 16.4. The van der Waals surface area contributed by atoms with E-state index < -0.39 is 5.97 Å². The fourth-order valence-electron chi connectivity index (χ4n) is 3.41. The average Bonchev–Trinajstić information content (AvgIpc) is 3.10. The summed E-state index contributed by atoms with van der Waals surface area (Å²) >= 11 is 0. The van der Waals surface area contributed by atoms with E-state index in [1.54, 1.807) is 6.92 Å². The molecule has 0 bridgehead atoms. The predicted octanol–water partition coefficient (Wildman–Crippen LogP) is 1.47. The third kappa shape index (κ3) is 2.60. The number of rotatable bonds is 3. The van der Waals surface area contributed by atoms with Crippen LogP contribution in [0.1, 0.15) is 40.9 Å². The van der Waals surface area contributed by atoms with Crippen LogP contribution in [0.2, 0.25) is 0 Å². The Balaban J connectivity index is 1.84. The van der Waals surface area contributed by atoms with E-state index in [4.69, 9.17) is 0 Å². The van der Waals surface area contributed by atoms with Crippen LogP contribution in [0.3, 0.4) is 0 Å². The predicted molar refractivity (Wildman–Crippen MR) is 79.9 cm³/mol. The minimum atomic E-state index is -0.912. The quantitative estimate of drug-likeness (QED) is 0.909. The van der Waals surface area contributed by atoms with E-state index in [0.29, 0.717) is 23.1 Å². The molecular formula is C15H22N4O2. The van der Waals surface area contributed by atoms with Gasteiger partial charge in [0, 0.05) is 19.1 Å². The van der Waals surface area contributed by atoms with Crippen LogP contribution in [-0.4, -0.2) is 58.4 Å². The lowest BCUT2D eigenvalue weighted by Crippen LogP contribution is -2.36. The maximum Gasteiger partial charge on any atom is 0.339 e. The number of likely N-dealkylation sites (tertiary alicyclic amines) is 1. The van der Waals surface area contributed by atoms with Gasteiger partial charge in [0.05, 0.1) is 5.69 Å². The van der Waals surface area contributed by atoms with Gasteiger partial charge < -0.3 is 10.0 Å². The molecular weight excluding hydrogens is 268 g/mol. The maximum absolute atomic E-state index is 11.6. The Hall–Kier alpha value is -1.69. The Morgan fingerprint density at radius 1 is 1.19 bits per heavy atom. The Morgan fingerprint density at radius 2 is 1.90 bits per heavy atom. The SMILES string of the molecule is Cc1nnc(N2CCC(N3CCCC3)C2)c(C(=O)O)c1C. The molecule has 1 unspecified atom stereocenters. The lowest BCUT2D eigenvalue weighted by atomic mass is 10.1. The number of nitrogens with zero attached hydrogens (tertiary/aromatic N) is 4. The zero-order valence-corrected chi connectivity index (χ0v) is 12.7. The Bertz CT molecular complexity index is 555. The number of hydrogen-bond donors (Lipinski definition) is 1. The van der Waals surface area contributed by atoms with Gasteiger partial charge in [0.15, 0.2) is 5.82 Å². The summed E-state index contributed by atoms with van der Waals surface area (Å²) in [5.41, 5.74) is 1.72.